The van der Waals surface area contributed by atoms with Crippen molar-refractivity contribution in [3.63, 3.8) is 0 Å². The van der Waals surface area contributed by atoms with Crippen molar-refractivity contribution in [2.45, 2.75) is 11.5 Å². The Morgan fingerprint density at radius 1 is 0.906 bits per heavy atom. The van der Waals surface area contributed by atoms with E-state index in [1.807, 2.05) is 42.5 Å². The number of ether oxygens (including phenoxy) is 1. The van der Waals surface area contributed by atoms with E-state index in [-0.39, 0.29) is 0 Å². The summed E-state index contributed by atoms with van der Waals surface area (Å²) in [7, 11) is 0. The van der Waals surface area contributed by atoms with E-state index in [1.165, 1.54) is 6.07 Å². The van der Waals surface area contributed by atoms with E-state index >= 15 is 0 Å². The number of para-hydroxylation sites is 1. The SMILES string of the molecule is O=C(Nc1c2c(nn1-c1ccc(Oc3ccccc3)cc1)CSC2)c1c(F)cccc1F. The van der Waals surface area contributed by atoms with Crippen LogP contribution in [0.4, 0.5) is 14.6 Å². The zero-order valence-electron chi connectivity index (χ0n) is 16.7. The first-order valence-corrected chi connectivity index (χ1v) is 11.0. The van der Waals surface area contributed by atoms with E-state index in [9.17, 15) is 13.6 Å². The minimum atomic E-state index is -0.915. The number of aromatic nitrogens is 2. The van der Waals surface area contributed by atoms with E-state index in [1.54, 1.807) is 28.6 Å². The highest BCUT2D eigenvalue weighted by molar-refractivity contribution is 7.98. The zero-order valence-corrected chi connectivity index (χ0v) is 17.5. The first kappa shape index (κ1) is 20.3. The van der Waals surface area contributed by atoms with Gasteiger partial charge < -0.3 is 10.1 Å². The molecule has 3 aromatic carbocycles. The summed E-state index contributed by atoms with van der Waals surface area (Å²) in [6.45, 7) is 0. The fraction of sp³-hybridized carbons (Fsp3) is 0.0833. The Bertz CT molecular complexity index is 1270. The Kier molecular flexibility index (Phi) is 5.36. The molecule has 0 bridgehead atoms. The van der Waals surface area contributed by atoms with Gasteiger partial charge in [0.15, 0.2) is 0 Å². The molecule has 5 nitrogen and oxygen atoms in total. The van der Waals surface area contributed by atoms with Gasteiger partial charge in [0.05, 0.1) is 11.4 Å². The predicted octanol–water partition coefficient (Wildman–Crippen LogP) is 5.94. The summed E-state index contributed by atoms with van der Waals surface area (Å²) in [6.07, 6.45) is 0. The molecule has 32 heavy (non-hydrogen) atoms. The largest absolute Gasteiger partial charge is 0.457 e. The third kappa shape index (κ3) is 3.85. The number of rotatable bonds is 5. The summed E-state index contributed by atoms with van der Waals surface area (Å²) in [5.41, 5.74) is 1.76. The van der Waals surface area contributed by atoms with Crippen LogP contribution in [0, 0.1) is 11.6 Å². The molecule has 1 amide bonds. The lowest BCUT2D eigenvalue weighted by atomic mass is 10.1. The molecule has 1 aliphatic rings. The van der Waals surface area contributed by atoms with Gasteiger partial charge in [-0.2, -0.15) is 16.9 Å². The monoisotopic (exact) mass is 449 g/mol. The number of carbonyl (C=O) groups is 1. The lowest BCUT2D eigenvalue weighted by Crippen LogP contribution is -2.19. The maximum atomic E-state index is 14.1. The Morgan fingerprint density at radius 3 is 2.31 bits per heavy atom. The zero-order chi connectivity index (χ0) is 22.1. The second kappa shape index (κ2) is 8.47. The summed E-state index contributed by atoms with van der Waals surface area (Å²) < 4.78 is 35.6. The molecule has 1 aromatic heterocycles. The molecule has 0 aliphatic carbocycles. The van der Waals surface area contributed by atoms with Gasteiger partial charge in [0.2, 0.25) is 0 Å². The van der Waals surface area contributed by atoms with E-state index in [0.29, 0.717) is 28.8 Å². The molecule has 0 atom stereocenters. The van der Waals surface area contributed by atoms with Crippen LogP contribution in [0.25, 0.3) is 5.69 Å². The minimum absolute atomic E-state index is 0.411. The molecule has 4 aromatic rings. The van der Waals surface area contributed by atoms with E-state index in [0.717, 1.165) is 29.1 Å². The quantitative estimate of drug-likeness (QED) is 0.410. The topological polar surface area (TPSA) is 56.2 Å². The predicted molar refractivity (Wildman–Crippen MR) is 119 cm³/mol. The summed E-state index contributed by atoms with van der Waals surface area (Å²) in [4.78, 5) is 12.7. The summed E-state index contributed by atoms with van der Waals surface area (Å²) in [5, 5.41) is 7.30. The average molecular weight is 449 g/mol. The summed E-state index contributed by atoms with van der Waals surface area (Å²) >= 11 is 1.67. The lowest BCUT2D eigenvalue weighted by molar-refractivity contribution is 0.101. The van der Waals surface area contributed by atoms with Crippen LogP contribution in [0.3, 0.4) is 0 Å². The van der Waals surface area contributed by atoms with Crippen molar-refractivity contribution < 1.29 is 18.3 Å². The van der Waals surface area contributed by atoms with Gasteiger partial charge in [-0.3, -0.25) is 4.79 Å². The maximum Gasteiger partial charge on any atom is 0.262 e. The highest BCUT2D eigenvalue weighted by atomic mass is 32.2. The summed E-state index contributed by atoms with van der Waals surface area (Å²) in [6, 6.07) is 20.0. The number of hydrogen-bond donors (Lipinski definition) is 1. The van der Waals surface area contributed by atoms with Crippen LogP contribution in [0.2, 0.25) is 0 Å². The molecular formula is C24H17F2N3O2S. The van der Waals surface area contributed by atoms with Crippen molar-refractivity contribution in [1.82, 2.24) is 9.78 Å². The third-order valence-electron chi connectivity index (χ3n) is 5.03. The third-order valence-corrected chi connectivity index (χ3v) is 6.00. The van der Waals surface area contributed by atoms with Crippen LogP contribution in [0.15, 0.2) is 72.8 Å². The highest BCUT2D eigenvalue weighted by Crippen LogP contribution is 2.36. The van der Waals surface area contributed by atoms with Crippen LogP contribution in [-0.2, 0) is 11.5 Å². The number of carbonyl (C=O) groups excluding carboxylic acids is 1. The molecule has 0 spiro atoms. The second-order valence-corrected chi connectivity index (χ2v) is 8.12. The minimum Gasteiger partial charge on any atom is -0.457 e. The van der Waals surface area contributed by atoms with Crippen molar-refractivity contribution >= 4 is 23.5 Å². The first-order valence-electron chi connectivity index (χ1n) is 9.87. The molecular weight excluding hydrogens is 432 g/mol. The first-order chi connectivity index (χ1) is 15.6. The number of hydrogen-bond acceptors (Lipinski definition) is 4. The standard InChI is InChI=1S/C24H17F2N3O2S/c25-19-7-4-8-20(26)22(19)24(30)27-23-18-13-32-14-21(18)28-29(23)15-9-11-17(12-10-15)31-16-5-2-1-3-6-16/h1-12H,13-14H2,(H,27,30). The number of fused-ring (bicyclic) bond motifs is 1. The molecule has 0 saturated heterocycles. The number of nitrogens with zero attached hydrogens (tertiary/aromatic N) is 2. The number of nitrogens with one attached hydrogen (secondary N) is 1. The van der Waals surface area contributed by atoms with Crippen molar-refractivity contribution in [2.75, 3.05) is 5.32 Å². The molecule has 1 aliphatic heterocycles. The van der Waals surface area contributed by atoms with Gasteiger partial charge in [0, 0.05) is 17.1 Å². The second-order valence-electron chi connectivity index (χ2n) is 7.14. The smallest absolute Gasteiger partial charge is 0.262 e. The van der Waals surface area contributed by atoms with Gasteiger partial charge in [-0.1, -0.05) is 24.3 Å². The van der Waals surface area contributed by atoms with Gasteiger partial charge in [-0.05, 0) is 48.5 Å². The molecule has 0 radical (unpaired) electrons. The molecule has 0 fully saturated rings. The van der Waals surface area contributed by atoms with Crippen LogP contribution in [0.1, 0.15) is 21.6 Å². The number of thioether (sulfide) groups is 1. The van der Waals surface area contributed by atoms with Gasteiger partial charge in [0.25, 0.3) is 5.91 Å². The molecule has 0 saturated carbocycles. The van der Waals surface area contributed by atoms with Crippen molar-refractivity contribution in [2.24, 2.45) is 0 Å². The van der Waals surface area contributed by atoms with Crippen LogP contribution < -0.4 is 10.1 Å². The van der Waals surface area contributed by atoms with E-state index < -0.39 is 23.1 Å². The number of benzene rings is 3. The van der Waals surface area contributed by atoms with Gasteiger partial charge in [-0.15, -0.1) is 0 Å². The van der Waals surface area contributed by atoms with Gasteiger partial charge in [-0.25, -0.2) is 13.5 Å². The Labute approximate surface area is 187 Å². The fourth-order valence-electron chi connectivity index (χ4n) is 3.49. The van der Waals surface area contributed by atoms with Crippen molar-refractivity contribution in [3.8, 4) is 17.2 Å². The van der Waals surface area contributed by atoms with Crippen molar-refractivity contribution in [3.05, 3.63) is 101 Å². The van der Waals surface area contributed by atoms with Gasteiger partial charge >= 0.3 is 0 Å². The number of halogens is 2. The summed E-state index contributed by atoms with van der Waals surface area (Å²) in [5.74, 6) is 0.447. The highest BCUT2D eigenvalue weighted by Gasteiger charge is 2.26. The number of anilines is 1. The Hall–Kier alpha value is -3.65. The molecule has 5 rings (SSSR count). The van der Waals surface area contributed by atoms with Crippen LogP contribution >= 0.6 is 11.8 Å². The fourth-order valence-corrected chi connectivity index (χ4v) is 4.53. The molecule has 160 valence electrons. The normalized spacial score (nSPS) is 12.4. The lowest BCUT2D eigenvalue weighted by Gasteiger charge is -2.12. The number of amides is 1. The molecule has 2 heterocycles. The Morgan fingerprint density at radius 2 is 1.59 bits per heavy atom. The average Bonchev–Trinajstić information content (AvgIpc) is 3.38. The van der Waals surface area contributed by atoms with E-state index in [4.69, 9.17) is 4.74 Å². The Balaban J connectivity index is 1.46. The van der Waals surface area contributed by atoms with Crippen LogP contribution in [0.5, 0.6) is 11.5 Å². The van der Waals surface area contributed by atoms with Crippen molar-refractivity contribution in [1.29, 1.82) is 0 Å². The van der Waals surface area contributed by atoms with E-state index in [2.05, 4.69) is 10.4 Å². The molecule has 1 N–H and O–H groups in total. The molecule has 0 unspecified atom stereocenters. The maximum absolute atomic E-state index is 14.1. The molecule has 8 heteroatoms. The van der Waals surface area contributed by atoms with Crippen LogP contribution in [-0.4, -0.2) is 15.7 Å². The van der Waals surface area contributed by atoms with Gasteiger partial charge in [0.1, 0.15) is 34.5 Å².